The molecule has 2 aromatic heterocycles. The number of hydrogen-bond donors (Lipinski definition) is 1. The number of benzene rings is 1. The van der Waals surface area contributed by atoms with E-state index in [1.54, 1.807) is 9.42 Å². The molecule has 12 heteroatoms. The first-order valence-corrected chi connectivity index (χ1v) is 13.7. The van der Waals surface area contributed by atoms with Crippen molar-refractivity contribution in [2.24, 2.45) is 0 Å². The van der Waals surface area contributed by atoms with Gasteiger partial charge in [0.2, 0.25) is 10.0 Å². The number of nitrogens with one attached hydrogen (secondary N) is 1. The van der Waals surface area contributed by atoms with E-state index in [2.05, 4.69) is 9.71 Å². The molecule has 1 aromatic carbocycles. The molecule has 0 saturated carbocycles. The van der Waals surface area contributed by atoms with Crippen LogP contribution in [0.5, 0.6) is 0 Å². The van der Waals surface area contributed by atoms with Gasteiger partial charge < -0.3 is 9.80 Å². The maximum absolute atomic E-state index is 13.7. The van der Waals surface area contributed by atoms with Crippen LogP contribution < -0.4 is 9.62 Å². The maximum atomic E-state index is 13.7. The minimum absolute atomic E-state index is 0.184. The summed E-state index contributed by atoms with van der Waals surface area (Å²) in [5.41, 5.74) is 2.58. The average Bonchev–Trinajstić information content (AvgIpc) is 3.21. The number of carbonyl (C=O) groups excluding carboxylic acids is 1. The Labute approximate surface area is 207 Å². The van der Waals surface area contributed by atoms with E-state index in [0.717, 1.165) is 24.8 Å². The molecule has 0 bridgehead atoms. The third-order valence-electron chi connectivity index (χ3n) is 6.38. The summed E-state index contributed by atoms with van der Waals surface area (Å²) >= 11 is 6.16. The van der Waals surface area contributed by atoms with E-state index in [0.29, 0.717) is 48.2 Å². The molecule has 0 unspecified atom stereocenters. The average molecular weight is 521 g/mol. The van der Waals surface area contributed by atoms with Crippen molar-refractivity contribution in [3.05, 3.63) is 52.3 Å². The van der Waals surface area contributed by atoms with Gasteiger partial charge in [0.25, 0.3) is 5.91 Å². The van der Waals surface area contributed by atoms with Crippen LogP contribution in [-0.4, -0.2) is 65.9 Å². The van der Waals surface area contributed by atoms with Crippen LogP contribution in [0.3, 0.4) is 0 Å². The molecule has 186 valence electrons. The Kier molecular flexibility index (Phi) is 6.08. The molecule has 1 atom stereocenters. The van der Waals surface area contributed by atoms with Crippen LogP contribution in [0, 0.1) is 6.92 Å². The normalized spacial score (nSPS) is 19.1. The molecule has 0 aliphatic carbocycles. The highest BCUT2D eigenvalue weighted by Crippen LogP contribution is 2.34. The fraction of sp³-hybridized carbons (Fsp3) is 0.435. The molecule has 2 aliphatic rings. The molecule has 4 heterocycles. The lowest BCUT2D eigenvalue weighted by Gasteiger charge is -2.35. The predicted molar refractivity (Wildman–Crippen MR) is 132 cm³/mol. The number of amides is 1. The Bertz CT molecular complexity index is 1410. The molecule has 2 saturated heterocycles. The SMILES string of the molecule is Cc1cc(N2CC(F)C2)nc2cc([C@@H]3CCCCN3C(=O)c3cc(Cl)ccc3NS(C)(=O)=O)nn12. The Morgan fingerprint density at radius 2 is 1.97 bits per heavy atom. The van der Waals surface area contributed by atoms with Crippen molar-refractivity contribution >= 4 is 44.7 Å². The van der Waals surface area contributed by atoms with Gasteiger partial charge in [0.15, 0.2) is 5.65 Å². The second kappa shape index (κ2) is 8.94. The molecule has 3 aromatic rings. The Morgan fingerprint density at radius 3 is 2.69 bits per heavy atom. The van der Waals surface area contributed by atoms with Crippen LogP contribution in [-0.2, 0) is 10.0 Å². The number of anilines is 2. The molecule has 9 nitrogen and oxygen atoms in total. The van der Waals surface area contributed by atoms with Crippen LogP contribution in [0.25, 0.3) is 5.65 Å². The lowest BCUT2D eigenvalue weighted by atomic mass is 9.98. The third-order valence-corrected chi connectivity index (χ3v) is 7.21. The lowest BCUT2D eigenvalue weighted by Crippen LogP contribution is -2.48. The lowest BCUT2D eigenvalue weighted by molar-refractivity contribution is 0.0607. The van der Waals surface area contributed by atoms with E-state index in [9.17, 15) is 17.6 Å². The summed E-state index contributed by atoms with van der Waals surface area (Å²) in [5, 5.41) is 5.09. The van der Waals surface area contributed by atoms with E-state index in [1.807, 2.05) is 24.0 Å². The maximum Gasteiger partial charge on any atom is 0.256 e. The summed E-state index contributed by atoms with van der Waals surface area (Å²) in [4.78, 5) is 22.0. The number of hydrogen-bond acceptors (Lipinski definition) is 6. The number of sulfonamides is 1. The first kappa shape index (κ1) is 23.8. The number of alkyl halides is 1. The van der Waals surface area contributed by atoms with Gasteiger partial charge in [-0.05, 0) is 44.4 Å². The van der Waals surface area contributed by atoms with Crippen molar-refractivity contribution in [3.8, 4) is 0 Å². The third kappa shape index (κ3) is 4.79. The summed E-state index contributed by atoms with van der Waals surface area (Å²) in [6, 6.07) is 7.96. The van der Waals surface area contributed by atoms with Crippen molar-refractivity contribution in [2.45, 2.75) is 38.4 Å². The number of carbonyl (C=O) groups is 1. The van der Waals surface area contributed by atoms with Crippen LogP contribution in [0.15, 0.2) is 30.3 Å². The van der Waals surface area contributed by atoms with Crippen LogP contribution >= 0.6 is 11.6 Å². The fourth-order valence-electron chi connectivity index (χ4n) is 4.68. The van der Waals surface area contributed by atoms with Gasteiger partial charge in [-0.25, -0.2) is 22.3 Å². The van der Waals surface area contributed by atoms with Gasteiger partial charge in [0, 0.05) is 29.4 Å². The zero-order chi connectivity index (χ0) is 24.9. The van der Waals surface area contributed by atoms with Gasteiger partial charge in [-0.3, -0.25) is 9.52 Å². The summed E-state index contributed by atoms with van der Waals surface area (Å²) in [6.45, 7) is 3.09. The van der Waals surface area contributed by atoms with Crippen molar-refractivity contribution in [1.29, 1.82) is 0 Å². The van der Waals surface area contributed by atoms with Crippen molar-refractivity contribution in [3.63, 3.8) is 0 Å². The quantitative estimate of drug-likeness (QED) is 0.552. The van der Waals surface area contributed by atoms with Gasteiger partial charge in [0.05, 0.1) is 42.3 Å². The van der Waals surface area contributed by atoms with E-state index >= 15 is 0 Å². The first-order valence-electron chi connectivity index (χ1n) is 11.4. The predicted octanol–water partition coefficient (Wildman–Crippen LogP) is 3.59. The Balaban J connectivity index is 1.49. The number of aromatic nitrogens is 3. The van der Waals surface area contributed by atoms with E-state index in [-0.39, 0.29) is 23.2 Å². The highest BCUT2D eigenvalue weighted by atomic mass is 35.5. The largest absolute Gasteiger partial charge is 0.351 e. The molecule has 0 radical (unpaired) electrons. The summed E-state index contributed by atoms with van der Waals surface area (Å²) in [7, 11) is -3.59. The van der Waals surface area contributed by atoms with Gasteiger partial charge in [-0.2, -0.15) is 5.10 Å². The highest BCUT2D eigenvalue weighted by Gasteiger charge is 2.33. The van der Waals surface area contributed by atoms with Gasteiger partial charge in [0.1, 0.15) is 12.0 Å². The summed E-state index contributed by atoms with van der Waals surface area (Å²) in [5.74, 6) is 0.391. The zero-order valence-electron chi connectivity index (χ0n) is 19.4. The highest BCUT2D eigenvalue weighted by molar-refractivity contribution is 7.92. The van der Waals surface area contributed by atoms with Gasteiger partial charge in [-0.1, -0.05) is 11.6 Å². The fourth-order valence-corrected chi connectivity index (χ4v) is 5.43. The Hall–Kier alpha value is -2.92. The summed E-state index contributed by atoms with van der Waals surface area (Å²) < 4.78 is 41.2. The molecule has 2 fully saturated rings. The van der Waals surface area contributed by atoms with Crippen molar-refractivity contribution in [1.82, 2.24) is 19.5 Å². The zero-order valence-corrected chi connectivity index (χ0v) is 21.0. The number of aryl methyl sites for hydroxylation is 1. The summed E-state index contributed by atoms with van der Waals surface area (Å²) in [6.07, 6.45) is 2.67. The molecule has 1 amide bonds. The number of piperidine rings is 1. The molecule has 5 rings (SSSR count). The second-order valence-corrected chi connectivity index (χ2v) is 11.4. The smallest absolute Gasteiger partial charge is 0.256 e. The molecule has 0 spiro atoms. The monoisotopic (exact) mass is 520 g/mol. The Morgan fingerprint density at radius 1 is 1.20 bits per heavy atom. The second-order valence-electron chi connectivity index (χ2n) is 9.17. The topological polar surface area (TPSA) is 99.9 Å². The van der Waals surface area contributed by atoms with Crippen LogP contribution in [0.4, 0.5) is 15.9 Å². The number of fused-ring (bicyclic) bond motifs is 1. The van der Waals surface area contributed by atoms with Gasteiger partial charge >= 0.3 is 0 Å². The number of likely N-dealkylation sites (tertiary alicyclic amines) is 1. The minimum Gasteiger partial charge on any atom is -0.351 e. The van der Waals surface area contributed by atoms with E-state index < -0.39 is 16.2 Å². The van der Waals surface area contributed by atoms with E-state index in [4.69, 9.17) is 16.7 Å². The number of rotatable bonds is 5. The molecule has 35 heavy (non-hydrogen) atoms. The van der Waals surface area contributed by atoms with Crippen LogP contribution in [0.2, 0.25) is 5.02 Å². The number of halogens is 2. The molecule has 2 aliphatic heterocycles. The van der Waals surface area contributed by atoms with Crippen molar-refractivity contribution < 1.29 is 17.6 Å². The standard InChI is InChI=1S/C23H26ClFN6O3S/c1-14-9-21(29-12-16(25)13-29)26-22-11-19(27-31(14)22)20-5-3-4-8-30(20)23(32)17-10-15(24)6-7-18(17)28-35(2,33)34/h6-7,9-11,16,20,28H,3-5,8,12-13H2,1-2H3/t20-/m0/s1. The van der Waals surface area contributed by atoms with E-state index in [1.165, 1.54) is 18.2 Å². The molecule has 1 N–H and O–H groups in total. The molecular formula is C23H26ClFN6O3S. The number of nitrogens with zero attached hydrogens (tertiary/aromatic N) is 5. The minimum atomic E-state index is -3.59. The van der Waals surface area contributed by atoms with Crippen LogP contribution in [0.1, 0.15) is 47.1 Å². The van der Waals surface area contributed by atoms with Gasteiger partial charge in [-0.15, -0.1) is 0 Å². The molecular weight excluding hydrogens is 495 g/mol. The first-order chi connectivity index (χ1) is 16.6. The van der Waals surface area contributed by atoms with Crippen molar-refractivity contribution in [2.75, 3.05) is 35.5 Å².